The van der Waals surface area contributed by atoms with Crippen molar-refractivity contribution < 1.29 is 17.9 Å². The normalized spacial score (nSPS) is 33.6. The zero-order chi connectivity index (χ0) is 7.78. The molecule has 0 radical (unpaired) electrons. The third-order valence-electron chi connectivity index (χ3n) is 1.43. The smallest absolute Gasteiger partial charge is 0.328 e. The van der Waals surface area contributed by atoms with Crippen molar-refractivity contribution in [3.63, 3.8) is 0 Å². The van der Waals surface area contributed by atoms with E-state index in [0.29, 0.717) is 12.8 Å². The summed E-state index contributed by atoms with van der Waals surface area (Å²) in [6.07, 6.45) is -4.56. The molecule has 1 rings (SSSR count). The van der Waals surface area contributed by atoms with Gasteiger partial charge in [-0.1, -0.05) is 0 Å². The molecule has 0 aromatic rings. The molecule has 0 heterocycles. The van der Waals surface area contributed by atoms with Crippen LogP contribution in [0, 0.1) is 0 Å². The molecule has 0 aromatic carbocycles. The maximum absolute atomic E-state index is 11.4. The van der Waals surface area contributed by atoms with Gasteiger partial charge in [-0.2, -0.15) is 0 Å². The van der Waals surface area contributed by atoms with Crippen molar-refractivity contribution in [2.24, 2.45) is 5.73 Å². The van der Waals surface area contributed by atoms with Crippen molar-refractivity contribution in [2.75, 3.05) is 0 Å². The van der Waals surface area contributed by atoms with E-state index in [9.17, 15) is 13.2 Å². The monoisotopic (exact) mass is 155 g/mol. The van der Waals surface area contributed by atoms with Gasteiger partial charge in [0.25, 0.3) is 0 Å². The van der Waals surface area contributed by atoms with Gasteiger partial charge in [0, 0.05) is 6.04 Å². The number of nitrogens with two attached hydrogens (primary N) is 1. The van der Waals surface area contributed by atoms with Gasteiger partial charge in [-0.25, -0.2) is 0 Å². The van der Waals surface area contributed by atoms with E-state index in [1.807, 2.05) is 0 Å². The Kier molecular flexibility index (Phi) is 1.87. The number of hydrogen-bond acceptors (Lipinski definition) is 2. The first-order valence-electron chi connectivity index (χ1n) is 2.97. The van der Waals surface area contributed by atoms with E-state index in [0.717, 1.165) is 0 Å². The zero-order valence-corrected chi connectivity index (χ0v) is 5.19. The van der Waals surface area contributed by atoms with Gasteiger partial charge in [0.2, 0.25) is 0 Å². The van der Waals surface area contributed by atoms with Crippen molar-refractivity contribution in [3.8, 4) is 0 Å². The Morgan fingerprint density at radius 2 is 1.80 bits per heavy atom. The Bertz CT molecular complexity index is 119. The van der Waals surface area contributed by atoms with Crippen LogP contribution in [0.15, 0.2) is 0 Å². The van der Waals surface area contributed by atoms with Crippen molar-refractivity contribution in [1.82, 2.24) is 0 Å². The number of ether oxygens (including phenoxy) is 1. The molecule has 5 heteroatoms. The predicted octanol–water partition coefficient (Wildman–Crippen LogP) is 1.01. The number of rotatable bonds is 1. The third-order valence-corrected chi connectivity index (χ3v) is 1.43. The summed E-state index contributed by atoms with van der Waals surface area (Å²) in [6, 6.07) is -0.104. The molecule has 0 spiro atoms. The van der Waals surface area contributed by atoms with Gasteiger partial charge in [-0.05, 0) is 12.8 Å². The number of halogens is 3. The third kappa shape index (κ3) is 2.15. The van der Waals surface area contributed by atoms with Gasteiger partial charge in [0.05, 0.1) is 6.10 Å². The second kappa shape index (κ2) is 2.39. The molecule has 10 heavy (non-hydrogen) atoms. The highest BCUT2D eigenvalue weighted by atomic mass is 19.4. The fraction of sp³-hybridized carbons (Fsp3) is 1.00. The average Bonchev–Trinajstić information content (AvgIpc) is 1.57. The summed E-state index contributed by atoms with van der Waals surface area (Å²) < 4.78 is 37.8. The first kappa shape index (κ1) is 7.81. The molecule has 0 unspecified atom stereocenters. The zero-order valence-electron chi connectivity index (χ0n) is 5.19. The first-order chi connectivity index (χ1) is 4.47. The van der Waals surface area contributed by atoms with Crippen molar-refractivity contribution in [2.45, 2.75) is 31.3 Å². The topological polar surface area (TPSA) is 35.2 Å². The fourth-order valence-corrected chi connectivity index (χ4v) is 0.892. The molecule has 1 fully saturated rings. The largest absolute Gasteiger partial charge is 0.522 e. The number of alkyl halides is 3. The Morgan fingerprint density at radius 1 is 1.30 bits per heavy atom. The van der Waals surface area contributed by atoms with E-state index in [2.05, 4.69) is 4.74 Å². The minimum Gasteiger partial charge on any atom is -0.328 e. The van der Waals surface area contributed by atoms with Crippen molar-refractivity contribution in [3.05, 3.63) is 0 Å². The van der Waals surface area contributed by atoms with E-state index < -0.39 is 12.5 Å². The lowest BCUT2D eigenvalue weighted by Crippen LogP contribution is -2.44. The Balaban J connectivity index is 2.16. The van der Waals surface area contributed by atoms with E-state index in [4.69, 9.17) is 5.73 Å². The molecule has 0 bridgehead atoms. The summed E-state index contributed by atoms with van der Waals surface area (Å²) >= 11 is 0. The molecular formula is C5H8F3NO. The summed E-state index contributed by atoms with van der Waals surface area (Å²) in [4.78, 5) is 0. The van der Waals surface area contributed by atoms with Crippen LogP contribution < -0.4 is 5.73 Å². The van der Waals surface area contributed by atoms with Gasteiger partial charge in [-0.15, -0.1) is 13.2 Å². The minimum atomic E-state index is -4.50. The SMILES string of the molecule is N[C@H]1C[C@H](OC(F)(F)F)C1. The van der Waals surface area contributed by atoms with Crippen LogP contribution in [-0.4, -0.2) is 18.5 Å². The lowest BCUT2D eigenvalue weighted by Gasteiger charge is -2.32. The lowest BCUT2D eigenvalue weighted by molar-refractivity contribution is -0.351. The predicted molar refractivity (Wildman–Crippen MR) is 28.1 cm³/mol. The summed E-state index contributed by atoms with van der Waals surface area (Å²) in [5.74, 6) is 0. The van der Waals surface area contributed by atoms with Crippen LogP contribution in [0.3, 0.4) is 0 Å². The molecule has 2 nitrogen and oxygen atoms in total. The van der Waals surface area contributed by atoms with E-state index in [1.54, 1.807) is 0 Å². The summed E-state index contributed by atoms with van der Waals surface area (Å²) in [6.45, 7) is 0. The fourth-order valence-electron chi connectivity index (χ4n) is 0.892. The highest BCUT2D eigenvalue weighted by Crippen LogP contribution is 2.28. The average molecular weight is 155 g/mol. The van der Waals surface area contributed by atoms with Crippen LogP contribution in [-0.2, 0) is 4.74 Å². The second-order valence-corrected chi connectivity index (χ2v) is 2.42. The molecule has 0 atom stereocenters. The van der Waals surface area contributed by atoms with Crippen molar-refractivity contribution in [1.29, 1.82) is 0 Å². The van der Waals surface area contributed by atoms with Gasteiger partial charge in [0.15, 0.2) is 0 Å². The second-order valence-electron chi connectivity index (χ2n) is 2.42. The maximum atomic E-state index is 11.4. The molecule has 0 aliphatic heterocycles. The standard InChI is InChI=1S/C5H8F3NO/c6-5(7,8)10-4-1-3(9)2-4/h3-4H,1-2,9H2/t3-,4-. The molecule has 0 saturated heterocycles. The first-order valence-corrected chi connectivity index (χ1v) is 2.97. The Hall–Kier alpha value is -0.290. The molecular weight excluding hydrogens is 147 g/mol. The van der Waals surface area contributed by atoms with Gasteiger partial charge in [-0.3, -0.25) is 4.74 Å². The molecule has 60 valence electrons. The van der Waals surface area contributed by atoms with Gasteiger partial charge < -0.3 is 5.73 Å². The summed E-state index contributed by atoms with van der Waals surface area (Å²) in [5, 5.41) is 0. The summed E-state index contributed by atoms with van der Waals surface area (Å²) in [7, 11) is 0. The molecule has 0 aromatic heterocycles. The van der Waals surface area contributed by atoms with Crippen LogP contribution in [0.25, 0.3) is 0 Å². The molecule has 1 saturated carbocycles. The molecule has 2 N–H and O–H groups in total. The number of hydrogen-bond donors (Lipinski definition) is 1. The Labute approximate surface area is 56.1 Å². The van der Waals surface area contributed by atoms with Crippen LogP contribution >= 0.6 is 0 Å². The van der Waals surface area contributed by atoms with Crippen LogP contribution in [0.4, 0.5) is 13.2 Å². The van der Waals surface area contributed by atoms with Gasteiger partial charge in [0.1, 0.15) is 0 Å². The van der Waals surface area contributed by atoms with Crippen LogP contribution in [0.1, 0.15) is 12.8 Å². The van der Waals surface area contributed by atoms with E-state index in [1.165, 1.54) is 0 Å². The van der Waals surface area contributed by atoms with Crippen LogP contribution in [0.2, 0.25) is 0 Å². The highest BCUT2D eigenvalue weighted by Gasteiger charge is 2.38. The highest BCUT2D eigenvalue weighted by molar-refractivity contribution is 4.82. The maximum Gasteiger partial charge on any atom is 0.522 e. The van der Waals surface area contributed by atoms with E-state index >= 15 is 0 Å². The molecule has 0 amide bonds. The van der Waals surface area contributed by atoms with Crippen LogP contribution in [0.5, 0.6) is 0 Å². The molecule has 1 aliphatic rings. The summed E-state index contributed by atoms with van der Waals surface area (Å²) in [5.41, 5.74) is 5.24. The Morgan fingerprint density at radius 3 is 2.10 bits per heavy atom. The van der Waals surface area contributed by atoms with E-state index in [-0.39, 0.29) is 6.04 Å². The quantitative estimate of drug-likeness (QED) is 0.613. The minimum absolute atomic E-state index is 0.104. The van der Waals surface area contributed by atoms with Gasteiger partial charge >= 0.3 is 6.36 Å². The molecule has 1 aliphatic carbocycles. The van der Waals surface area contributed by atoms with Crippen molar-refractivity contribution >= 4 is 0 Å². The lowest BCUT2D eigenvalue weighted by atomic mass is 9.90.